The summed E-state index contributed by atoms with van der Waals surface area (Å²) in [6.45, 7) is 10.9. The van der Waals surface area contributed by atoms with Crippen LogP contribution < -0.4 is 5.73 Å². The predicted octanol–water partition coefficient (Wildman–Crippen LogP) is 3.95. The normalized spacial score (nSPS) is 16.5. The number of esters is 1. The van der Waals surface area contributed by atoms with Gasteiger partial charge in [0.15, 0.2) is 0 Å². The second kappa shape index (κ2) is 13.8. The van der Waals surface area contributed by atoms with Crippen LogP contribution in [0.15, 0.2) is 30.3 Å². The van der Waals surface area contributed by atoms with Crippen molar-refractivity contribution in [1.82, 2.24) is 9.80 Å². The van der Waals surface area contributed by atoms with Crippen molar-refractivity contribution in [3.63, 3.8) is 0 Å². The number of hydrogen-bond donors (Lipinski definition) is 1. The summed E-state index contributed by atoms with van der Waals surface area (Å²) in [6.07, 6.45) is 0.327. The van der Waals surface area contributed by atoms with Gasteiger partial charge in [-0.05, 0) is 71.7 Å². The molecule has 11 heteroatoms. The lowest BCUT2D eigenvalue weighted by atomic mass is 10.1. The average molecular weight is 552 g/mol. The summed E-state index contributed by atoms with van der Waals surface area (Å²) in [6, 6.07) is 7.33. The van der Waals surface area contributed by atoms with Gasteiger partial charge in [0, 0.05) is 25.4 Å². The van der Waals surface area contributed by atoms with Gasteiger partial charge in [0.25, 0.3) is 0 Å². The first-order valence-electron chi connectivity index (χ1n) is 12.8. The Morgan fingerprint density at radius 2 is 1.68 bits per heavy atom. The van der Waals surface area contributed by atoms with Crippen molar-refractivity contribution in [2.24, 2.45) is 5.73 Å². The number of carbonyl (C=O) groups excluding carboxylic acids is 4. The zero-order valence-electron chi connectivity index (χ0n) is 23.2. The third-order valence-electron chi connectivity index (χ3n) is 5.43. The number of hydrogen-bond acceptors (Lipinski definition) is 9. The van der Waals surface area contributed by atoms with Gasteiger partial charge in [-0.2, -0.15) is 0 Å². The Hall–Kier alpha value is -2.79. The number of benzene rings is 1. The molecule has 10 nitrogen and oxygen atoms in total. The van der Waals surface area contributed by atoms with Crippen molar-refractivity contribution < 1.29 is 33.4 Å². The van der Waals surface area contributed by atoms with Gasteiger partial charge in [0.2, 0.25) is 5.91 Å². The maximum Gasteiger partial charge on any atom is 0.411 e. The fourth-order valence-electron chi connectivity index (χ4n) is 3.87. The molecule has 1 fully saturated rings. The highest BCUT2D eigenvalue weighted by molar-refractivity contribution is 8.13. The number of rotatable bonds is 9. The molecule has 2 rings (SSSR count). The lowest BCUT2D eigenvalue weighted by molar-refractivity contribution is -0.164. The van der Waals surface area contributed by atoms with Gasteiger partial charge >= 0.3 is 17.4 Å². The summed E-state index contributed by atoms with van der Waals surface area (Å²) < 4.78 is 16.4. The monoisotopic (exact) mass is 551 g/mol. The molecule has 0 saturated carbocycles. The van der Waals surface area contributed by atoms with E-state index in [1.165, 1.54) is 9.80 Å². The molecule has 0 spiro atoms. The zero-order chi connectivity index (χ0) is 28.5. The lowest BCUT2D eigenvalue weighted by Crippen LogP contribution is -2.56. The van der Waals surface area contributed by atoms with E-state index in [1.54, 1.807) is 41.5 Å². The molecule has 1 aliphatic rings. The highest BCUT2D eigenvalue weighted by Crippen LogP contribution is 2.25. The number of amides is 2. The maximum atomic E-state index is 13.9. The topological polar surface area (TPSA) is 128 Å². The Labute approximate surface area is 229 Å². The molecule has 1 aliphatic heterocycles. The Kier molecular flexibility index (Phi) is 11.4. The fourth-order valence-corrected chi connectivity index (χ4v) is 4.63. The molecule has 0 bridgehead atoms. The number of nitrogens with two attached hydrogens (primary N) is 1. The molecule has 0 unspecified atom stereocenters. The Morgan fingerprint density at radius 3 is 2.26 bits per heavy atom. The van der Waals surface area contributed by atoms with Crippen LogP contribution in [-0.2, 0) is 30.4 Å². The Morgan fingerprint density at radius 1 is 1.05 bits per heavy atom. The molecule has 212 valence electrons. The van der Waals surface area contributed by atoms with E-state index in [0.29, 0.717) is 19.4 Å². The van der Waals surface area contributed by atoms with Crippen LogP contribution in [0.4, 0.5) is 9.59 Å². The minimum absolute atomic E-state index is 0.0237. The number of carbonyl (C=O) groups is 4. The van der Waals surface area contributed by atoms with Crippen molar-refractivity contribution >= 4 is 35.0 Å². The molecular weight excluding hydrogens is 510 g/mol. The first kappa shape index (κ1) is 31.4. The van der Waals surface area contributed by atoms with Gasteiger partial charge in [-0.25, -0.2) is 14.4 Å². The van der Waals surface area contributed by atoms with E-state index < -0.39 is 46.6 Å². The maximum absolute atomic E-state index is 13.9. The van der Waals surface area contributed by atoms with Crippen molar-refractivity contribution in [1.29, 1.82) is 0 Å². The molecule has 0 aliphatic carbocycles. The summed E-state index contributed by atoms with van der Waals surface area (Å²) in [5.41, 5.74) is 5.08. The van der Waals surface area contributed by atoms with Crippen LogP contribution in [0.1, 0.15) is 59.9 Å². The van der Waals surface area contributed by atoms with Crippen LogP contribution in [-0.4, -0.2) is 81.7 Å². The van der Waals surface area contributed by atoms with E-state index in [2.05, 4.69) is 0 Å². The van der Waals surface area contributed by atoms with Gasteiger partial charge in [-0.15, -0.1) is 0 Å². The van der Waals surface area contributed by atoms with Crippen LogP contribution >= 0.6 is 11.8 Å². The minimum atomic E-state index is -1.11. The molecule has 1 aromatic rings. The van der Waals surface area contributed by atoms with E-state index in [4.69, 9.17) is 19.9 Å². The molecule has 1 heterocycles. The first-order chi connectivity index (χ1) is 17.7. The SMILES string of the molecule is CC(C)(C)OC(=O)[C@@H]1CCCN1C(=O)[C@H](CSC(=O)OCc1ccccc1)N(CCN)C(=O)OC(C)(C)C. The van der Waals surface area contributed by atoms with Gasteiger partial charge in [-0.3, -0.25) is 9.69 Å². The van der Waals surface area contributed by atoms with E-state index in [-0.39, 0.29) is 25.4 Å². The molecular formula is C27H41N3O7S. The second-order valence-electron chi connectivity index (χ2n) is 11.0. The van der Waals surface area contributed by atoms with E-state index in [0.717, 1.165) is 17.3 Å². The molecule has 0 radical (unpaired) electrons. The van der Waals surface area contributed by atoms with Crippen LogP contribution in [0.5, 0.6) is 0 Å². The lowest BCUT2D eigenvalue weighted by Gasteiger charge is -2.36. The van der Waals surface area contributed by atoms with Crippen LogP contribution in [0.3, 0.4) is 0 Å². The van der Waals surface area contributed by atoms with Gasteiger partial charge < -0.3 is 24.8 Å². The highest BCUT2D eigenvalue weighted by Gasteiger charge is 2.42. The zero-order valence-corrected chi connectivity index (χ0v) is 24.0. The largest absolute Gasteiger partial charge is 0.458 e. The first-order valence-corrected chi connectivity index (χ1v) is 13.8. The third-order valence-corrected chi connectivity index (χ3v) is 6.27. The quantitative estimate of drug-likeness (QED) is 0.358. The smallest absolute Gasteiger partial charge is 0.411 e. The second-order valence-corrected chi connectivity index (χ2v) is 12.0. The minimum Gasteiger partial charge on any atom is -0.458 e. The fraction of sp³-hybridized carbons (Fsp3) is 0.630. The molecule has 1 saturated heterocycles. The van der Waals surface area contributed by atoms with Crippen LogP contribution in [0, 0.1) is 0 Å². The standard InChI is InChI=1S/C27H41N3O7S/c1-26(2,3)36-23(32)20-13-10-15-29(20)22(31)21(30(16-14-28)24(33)37-27(4,5)6)18-38-25(34)35-17-19-11-8-7-9-12-19/h7-9,11-12,20-21H,10,13-18,28H2,1-6H3/t20-,21-/m0/s1. The van der Waals surface area contributed by atoms with E-state index in [1.807, 2.05) is 30.3 Å². The van der Waals surface area contributed by atoms with Crippen LogP contribution in [0.25, 0.3) is 0 Å². The van der Waals surface area contributed by atoms with E-state index in [9.17, 15) is 19.2 Å². The van der Waals surface area contributed by atoms with Crippen molar-refractivity contribution in [3.05, 3.63) is 35.9 Å². The highest BCUT2D eigenvalue weighted by atomic mass is 32.2. The summed E-state index contributed by atoms with van der Waals surface area (Å²) in [7, 11) is 0. The van der Waals surface area contributed by atoms with Crippen molar-refractivity contribution in [2.45, 2.75) is 84.3 Å². The predicted molar refractivity (Wildman–Crippen MR) is 145 cm³/mol. The number of nitrogens with zero attached hydrogens (tertiary/aromatic N) is 2. The summed E-state index contributed by atoms with van der Waals surface area (Å²) >= 11 is 0.785. The van der Waals surface area contributed by atoms with Gasteiger partial charge in [-0.1, -0.05) is 30.3 Å². The summed E-state index contributed by atoms with van der Waals surface area (Å²) in [4.78, 5) is 55.1. The molecule has 0 aromatic heterocycles. The Bertz CT molecular complexity index is 960. The van der Waals surface area contributed by atoms with Crippen molar-refractivity contribution in [3.8, 4) is 0 Å². The Balaban J connectivity index is 2.24. The third kappa shape index (κ3) is 10.2. The molecule has 38 heavy (non-hydrogen) atoms. The van der Waals surface area contributed by atoms with E-state index >= 15 is 0 Å². The average Bonchev–Trinajstić information content (AvgIpc) is 3.31. The van der Waals surface area contributed by atoms with Gasteiger partial charge in [0.1, 0.15) is 29.9 Å². The number of likely N-dealkylation sites (tertiary alicyclic amines) is 1. The van der Waals surface area contributed by atoms with Gasteiger partial charge in [0.05, 0.1) is 0 Å². The summed E-state index contributed by atoms with van der Waals surface area (Å²) in [5.74, 6) is -1.07. The molecule has 2 amide bonds. The molecule has 2 atom stereocenters. The molecule has 2 N–H and O–H groups in total. The van der Waals surface area contributed by atoms with Crippen molar-refractivity contribution in [2.75, 3.05) is 25.4 Å². The summed E-state index contributed by atoms with van der Waals surface area (Å²) in [5, 5.41) is -0.589. The number of thioether (sulfide) groups is 1. The number of ether oxygens (including phenoxy) is 3. The van der Waals surface area contributed by atoms with Crippen LogP contribution in [0.2, 0.25) is 0 Å². The molecule has 1 aromatic carbocycles.